The summed E-state index contributed by atoms with van der Waals surface area (Å²) >= 11 is 9.49. The maximum atomic E-state index is 12.6. The summed E-state index contributed by atoms with van der Waals surface area (Å²) in [6.45, 7) is 0.352. The number of nitriles is 1. The van der Waals surface area contributed by atoms with Crippen LogP contribution >= 0.6 is 27.5 Å². The van der Waals surface area contributed by atoms with E-state index in [1.165, 1.54) is 6.08 Å². The molecule has 1 amide bonds. The highest BCUT2D eigenvalue weighted by atomic mass is 79.9. The molecule has 0 atom stereocenters. The summed E-state index contributed by atoms with van der Waals surface area (Å²) in [5, 5.41) is 15.0. The normalized spacial score (nSPS) is 11.1. The molecule has 0 spiro atoms. The molecule has 4 rings (SSSR count). The van der Waals surface area contributed by atoms with Gasteiger partial charge in [-0.1, -0.05) is 76.1 Å². The van der Waals surface area contributed by atoms with Crippen LogP contribution in [0, 0.1) is 11.3 Å². The van der Waals surface area contributed by atoms with Crippen molar-refractivity contribution in [1.29, 1.82) is 5.26 Å². The molecule has 1 N–H and O–H groups in total. The first-order valence-corrected chi connectivity index (χ1v) is 11.8. The Bertz CT molecular complexity index is 1470. The Morgan fingerprint density at radius 2 is 1.83 bits per heavy atom. The van der Waals surface area contributed by atoms with Crippen LogP contribution in [0.2, 0.25) is 5.02 Å². The molecular formula is C28H20BrClN2O3. The second-order valence-electron chi connectivity index (χ2n) is 7.59. The quantitative estimate of drug-likeness (QED) is 0.193. The highest BCUT2D eigenvalue weighted by Gasteiger charge is 2.14. The predicted octanol–water partition coefficient (Wildman–Crippen LogP) is 7.39. The molecule has 4 aromatic carbocycles. The van der Waals surface area contributed by atoms with E-state index in [0.717, 1.165) is 16.3 Å². The third-order valence-corrected chi connectivity index (χ3v) is 6.22. The molecule has 0 saturated carbocycles. The van der Waals surface area contributed by atoms with Crippen molar-refractivity contribution in [1.82, 2.24) is 0 Å². The maximum absolute atomic E-state index is 12.6. The van der Waals surface area contributed by atoms with Crippen LogP contribution in [0.1, 0.15) is 11.1 Å². The second kappa shape index (κ2) is 11.1. The van der Waals surface area contributed by atoms with Crippen molar-refractivity contribution in [2.75, 3.05) is 12.4 Å². The van der Waals surface area contributed by atoms with Gasteiger partial charge in [0.15, 0.2) is 11.5 Å². The van der Waals surface area contributed by atoms with E-state index in [4.69, 9.17) is 21.1 Å². The van der Waals surface area contributed by atoms with Gasteiger partial charge in [0.05, 0.1) is 7.11 Å². The van der Waals surface area contributed by atoms with Gasteiger partial charge in [-0.15, -0.1) is 0 Å². The number of anilines is 1. The molecule has 0 bridgehead atoms. The molecule has 0 aromatic heterocycles. The van der Waals surface area contributed by atoms with Crippen LogP contribution in [0.3, 0.4) is 0 Å². The summed E-state index contributed by atoms with van der Waals surface area (Å²) in [4.78, 5) is 12.6. The zero-order valence-electron chi connectivity index (χ0n) is 18.7. The van der Waals surface area contributed by atoms with E-state index in [2.05, 4.69) is 39.4 Å². The van der Waals surface area contributed by atoms with Crippen molar-refractivity contribution in [3.63, 3.8) is 0 Å². The SMILES string of the molecule is COc1cc(/C=C(\C#N)C(=O)Nc2cccc(Cl)c2)c(Br)cc1OCc1cccc2ccccc12. The molecule has 0 radical (unpaired) electrons. The lowest BCUT2D eigenvalue weighted by Crippen LogP contribution is -2.13. The Balaban J connectivity index is 1.57. The Morgan fingerprint density at radius 3 is 2.60 bits per heavy atom. The van der Waals surface area contributed by atoms with Crippen LogP contribution in [0.4, 0.5) is 5.69 Å². The number of benzene rings is 4. The predicted molar refractivity (Wildman–Crippen MR) is 143 cm³/mol. The molecule has 174 valence electrons. The number of carbonyl (C=O) groups excluding carboxylic acids is 1. The number of nitrogens with zero attached hydrogens (tertiary/aromatic N) is 1. The van der Waals surface area contributed by atoms with E-state index in [0.29, 0.717) is 38.9 Å². The van der Waals surface area contributed by atoms with Gasteiger partial charge in [-0.05, 0) is 58.3 Å². The monoisotopic (exact) mass is 546 g/mol. The zero-order chi connectivity index (χ0) is 24.8. The Kier molecular flexibility index (Phi) is 7.71. The molecule has 0 aliphatic rings. The Morgan fingerprint density at radius 1 is 1.06 bits per heavy atom. The summed E-state index contributed by atoms with van der Waals surface area (Å²) < 4.78 is 12.3. The average molecular weight is 548 g/mol. The first-order chi connectivity index (χ1) is 17.0. The third-order valence-electron chi connectivity index (χ3n) is 5.29. The highest BCUT2D eigenvalue weighted by Crippen LogP contribution is 2.35. The number of amides is 1. The van der Waals surface area contributed by atoms with Crippen molar-refractivity contribution in [3.8, 4) is 17.6 Å². The minimum Gasteiger partial charge on any atom is -0.493 e. The summed E-state index contributed by atoms with van der Waals surface area (Å²) in [5.41, 5.74) is 2.07. The number of methoxy groups -OCH3 is 1. The van der Waals surface area contributed by atoms with Crippen molar-refractivity contribution >= 4 is 56.0 Å². The molecule has 0 heterocycles. The largest absolute Gasteiger partial charge is 0.493 e. The summed E-state index contributed by atoms with van der Waals surface area (Å²) in [6.07, 6.45) is 1.49. The van der Waals surface area contributed by atoms with Gasteiger partial charge in [-0.3, -0.25) is 4.79 Å². The van der Waals surface area contributed by atoms with Crippen LogP contribution in [-0.2, 0) is 11.4 Å². The number of ether oxygens (including phenoxy) is 2. The van der Waals surface area contributed by atoms with E-state index in [9.17, 15) is 10.1 Å². The summed E-state index contributed by atoms with van der Waals surface area (Å²) in [5.74, 6) is 0.468. The van der Waals surface area contributed by atoms with Crippen molar-refractivity contribution in [2.24, 2.45) is 0 Å². The second-order valence-corrected chi connectivity index (χ2v) is 8.88. The van der Waals surface area contributed by atoms with Gasteiger partial charge in [-0.2, -0.15) is 5.26 Å². The van der Waals surface area contributed by atoms with E-state index in [1.807, 2.05) is 30.3 Å². The minimum atomic E-state index is -0.545. The maximum Gasteiger partial charge on any atom is 0.266 e. The lowest BCUT2D eigenvalue weighted by Gasteiger charge is -2.14. The minimum absolute atomic E-state index is 0.0721. The Labute approximate surface area is 216 Å². The van der Waals surface area contributed by atoms with Gasteiger partial charge in [-0.25, -0.2) is 0 Å². The molecule has 0 unspecified atom stereocenters. The zero-order valence-corrected chi connectivity index (χ0v) is 21.1. The van der Waals surface area contributed by atoms with E-state index < -0.39 is 5.91 Å². The number of fused-ring (bicyclic) bond motifs is 1. The molecular weight excluding hydrogens is 528 g/mol. The standard InChI is InChI=1S/C28H20BrClN2O3/c1-34-26-13-20(12-21(16-31)28(33)32-23-10-5-9-22(30)14-23)25(29)15-27(26)35-17-19-8-4-7-18-6-2-3-11-24(18)19/h2-15H,17H2,1H3,(H,32,33)/b21-12+. The van der Waals surface area contributed by atoms with Crippen molar-refractivity contribution in [3.05, 3.63) is 105 Å². The van der Waals surface area contributed by atoms with Crippen molar-refractivity contribution in [2.45, 2.75) is 6.61 Å². The number of rotatable bonds is 7. The fourth-order valence-corrected chi connectivity index (χ4v) is 4.20. The molecule has 0 fully saturated rings. The van der Waals surface area contributed by atoms with Gasteiger partial charge in [0, 0.05) is 15.2 Å². The van der Waals surface area contributed by atoms with E-state index in [1.54, 1.807) is 43.5 Å². The first kappa shape index (κ1) is 24.3. The fourth-order valence-electron chi connectivity index (χ4n) is 3.58. The summed E-state index contributed by atoms with van der Waals surface area (Å²) in [6, 6.07) is 26.4. The molecule has 0 saturated heterocycles. The van der Waals surface area contributed by atoms with Crippen LogP contribution in [0.5, 0.6) is 11.5 Å². The average Bonchev–Trinajstić information content (AvgIpc) is 2.86. The molecule has 5 nitrogen and oxygen atoms in total. The molecule has 0 aliphatic carbocycles. The number of hydrogen-bond acceptors (Lipinski definition) is 4. The van der Waals surface area contributed by atoms with Gasteiger partial charge < -0.3 is 14.8 Å². The van der Waals surface area contributed by atoms with Gasteiger partial charge in [0.2, 0.25) is 0 Å². The van der Waals surface area contributed by atoms with Gasteiger partial charge >= 0.3 is 0 Å². The number of halogens is 2. The molecule has 4 aromatic rings. The number of nitrogens with one attached hydrogen (secondary N) is 1. The van der Waals surface area contributed by atoms with Gasteiger partial charge in [0.25, 0.3) is 5.91 Å². The van der Waals surface area contributed by atoms with Crippen LogP contribution in [0.15, 0.2) is 88.9 Å². The lowest BCUT2D eigenvalue weighted by atomic mass is 10.1. The van der Waals surface area contributed by atoms with E-state index >= 15 is 0 Å². The highest BCUT2D eigenvalue weighted by molar-refractivity contribution is 9.10. The van der Waals surface area contributed by atoms with Gasteiger partial charge in [0.1, 0.15) is 18.2 Å². The fraction of sp³-hybridized carbons (Fsp3) is 0.0714. The third kappa shape index (κ3) is 5.83. The topological polar surface area (TPSA) is 71.3 Å². The molecule has 35 heavy (non-hydrogen) atoms. The first-order valence-electron chi connectivity index (χ1n) is 10.6. The summed E-state index contributed by atoms with van der Waals surface area (Å²) in [7, 11) is 1.54. The van der Waals surface area contributed by atoms with Crippen LogP contribution in [-0.4, -0.2) is 13.0 Å². The van der Waals surface area contributed by atoms with E-state index in [-0.39, 0.29) is 5.57 Å². The number of carbonyl (C=O) groups is 1. The van der Waals surface area contributed by atoms with Crippen LogP contribution in [0.25, 0.3) is 16.8 Å². The smallest absolute Gasteiger partial charge is 0.266 e. The van der Waals surface area contributed by atoms with Crippen LogP contribution < -0.4 is 14.8 Å². The Hall–Kier alpha value is -3.79. The van der Waals surface area contributed by atoms with Crippen molar-refractivity contribution < 1.29 is 14.3 Å². The molecule has 0 aliphatic heterocycles. The number of hydrogen-bond donors (Lipinski definition) is 1. The molecule has 7 heteroatoms. The lowest BCUT2D eigenvalue weighted by molar-refractivity contribution is -0.112.